The predicted molar refractivity (Wildman–Crippen MR) is 155 cm³/mol. The third-order valence-electron chi connectivity index (χ3n) is 7.13. The van der Waals surface area contributed by atoms with Crippen molar-refractivity contribution in [3.63, 3.8) is 0 Å². The molecule has 10 heteroatoms. The summed E-state index contributed by atoms with van der Waals surface area (Å²) >= 11 is 0. The van der Waals surface area contributed by atoms with Crippen LogP contribution in [0.4, 0.5) is 0 Å². The molecule has 0 saturated carbocycles. The number of phenols is 2. The summed E-state index contributed by atoms with van der Waals surface area (Å²) in [5.41, 5.74) is 7.55. The van der Waals surface area contributed by atoms with Crippen LogP contribution in [0.2, 0.25) is 0 Å². The van der Waals surface area contributed by atoms with Crippen molar-refractivity contribution in [2.24, 2.45) is 10.7 Å². The van der Waals surface area contributed by atoms with Crippen LogP contribution >= 0.6 is 0 Å². The maximum absolute atomic E-state index is 12.7. The fourth-order valence-electron chi connectivity index (χ4n) is 4.88. The van der Waals surface area contributed by atoms with Crippen molar-refractivity contribution in [1.29, 1.82) is 0 Å². The molecule has 3 rings (SSSR count). The van der Waals surface area contributed by atoms with E-state index in [1.54, 1.807) is 31.3 Å². The number of rotatable bonds is 16. The summed E-state index contributed by atoms with van der Waals surface area (Å²) < 4.78 is 5.12. The Morgan fingerprint density at radius 3 is 2.50 bits per heavy atom. The number of aryl methyl sites for hydroxylation is 1. The minimum absolute atomic E-state index is 0.0456. The molecule has 1 aliphatic rings. The third-order valence-corrected chi connectivity index (χ3v) is 7.13. The summed E-state index contributed by atoms with van der Waals surface area (Å²) in [4.78, 5) is 31.6. The Labute approximate surface area is 235 Å². The number of aliphatic imine (C=N–C) groups is 1. The number of aromatic hydroxyl groups is 2. The molecule has 0 spiro atoms. The second-order valence-electron chi connectivity index (χ2n) is 10.2. The number of hydrogen-bond acceptors (Lipinski definition) is 8. The summed E-state index contributed by atoms with van der Waals surface area (Å²) in [5, 5.41) is 26.1. The van der Waals surface area contributed by atoms with E-state index in [2.05, 4.69) is 20.5 Å². The normalized spacial score (nSPS) is 14.4. The average molecular weight is 552 g/mol. The number of carbonyl (C=O) groups excluding carboxylic acids is 2. The van der Waals surface area contributed by atoms with E-state index in [1.165, 1.54) is 13.2 Å². The van der Waals surface area contributed by atoms with Gasteiger partial charge in [-0.25, -0.2) is 0 Å². The first kappa shape index (κ1) is 30.3. The molecule has 0 radical (unpaired) electrons. The van der Waals surface area contributed by atoms with Gasteiger partial charge in [0.25, 0.3) is 0 Å². The highest BCUT2D eigenvalue weighted by molar-refractivity contribution is 5.99. The van der Waals surface area contributed by atoms with Gasteiger partial charge in [-0.05, 0) is 67.5 Å². The highest BCUT2D eigenvalue weighted by Crippen LogP contribution is 2.28. The molecule has 1 heterocycles. The van der Waals surface area contributed by atoms with Gasteiger partial charge in [-0.3, -0.25) is 14.6 Å². The summed E-state index contributed by atoms with van der Waals surface area (Å²) in [6.07, 6.45) is 7.39. The van der Waals surface area contributed by atoms with Crippen molar-refractivity contribution in [1.82, 2.24) is 15.5 Å². The summed E-state index contributed by atoms with van der Waals surface area (Å²) in [6, 6.07) is 12.1. The molecule has 40 heavy (non-hydrogen) atoms. The van der Waals surface area contributed by atoms with Gasteiger partial charge in [0.05, 0.1) is 20.2 Å². The van der Waals surface area contributed by atoms with Gasteiger partial charge in [-0.1, -0.05) is 18.2 Å². The van der Waals surface area contributed by atoms with Crippen molar-refractivity contribution in [3.8, 4) is 17.2 Å². The molecular formula is C30H41N5O5. The van der Waals surface area contributed by atoms with Gasteiger partial charge in [0, 0.05) is 44.4 Å². The first-order chi connectivity index (χ1) is 19.2. The van der Waals surface area contributed by atoms with Crippen LogP contribution < -0.4 is 21.1 Å². The lowest BCUT2D eigenvalue weighted by Gasteiger charge is -2.37. The Hall–Kier alpha value is -4.21. The van der Waals surface area contributed by atoms with Crippen LogP contribution in [0, 0.1) is 0 Å². The lowest BCUT2D eigenvalue weighted by molar-refractivity contribution is -0.127. The molecule has 6 N–H and O–H groups in total. The standard InChI is InChI=1S/C30H41N5O5/c1-32-29(31)34-30(14-16-35-17-15-33-21-35,20-23-6-9-24(36)10-7-23)13-3-4-25(37)19-26(38)11-5-22-8-12-27(39)28(18-22)40-2/h6-10,12,15,17-18,33,36,39H,3-5,11,13-14,16,19-21H2,1-2H3,(H3,31,32,34). The highest BCUT2D eigenvalue weighted by Gasteiger charge is 2.31. The van der Waals surface area contributed by atoms with Crippen LogP contribution in [-0.4, -0.2) is 65.5 Å². The van der Waals surface area contributed by atoms with Crippen LogP contribution in [0.5, 0.6) is 17.2 Å². The van der Waals surface area contributed by atoms with Crippen LogP contribution in [0.25, 0.3) is 0 Å². The zero-order chi connectivity index (χ0) is 29.0. The molecule has 0 aromatic heterocycles. The van der Waals surface area contributed by atoms with Crippen molar-refractivity contribution in [3.05, 3.63) is 66.0 Å². The lowest BCUT2D eigenvalue weighted by atomic mass is 9.82. The number of hydrogen-bond donors (Lipinski definition) is 5. The van der Waals surface area contributed by atoms with Crippen molar-refractivity contribution >= 4 is 17.5 Å². The van der Waals surface area contributed by atoms with Crippen LogP contribution in [0.3, 0.4) is 0 Å². The number of nitrogens with two attached hydrogens (primary N) is 1. The minimum Gasteiger partial charge on any atom is -0.508 e. The fourth-order valence-corrected chi connectivity index (χ4v) is 4.88. The first-order valence-electron chi connectivity index (χ1n) is 13.5. The number of ether oxygens (including phenoxy) is 1. The number of guanidine groups is 1. The molecule has 0 fully saturated rings. The van der Waals surface area contributed by atoms with Gasteiger partial charge in [0.1, 0.15) is 17.3 Å². The van der Waals surface area contributed by atoms with Crippen LogP contribution in [0.1, 0.15) is 49.7 Å². The minimum atomic E-state index is -0.487. The smallest absolute Gasteiger partial charge is 0.188 e. The molecule has 1 unspecified atom stereocenters. The summed E-state index contributed by atoms with van der Waals surface area (Å²) in [5.74, 6) is 0.726. The van der Waals surface area contributed by atoms with E-state index in [1.807, 2.05) is 24.5 Å². The average Bonchev–Trinajstić information content (AvgIpc) is 3.46. The molecule has 1 atom stereocenters. The zero-order valence-corrected chi connectivity index (χ0v) is 23.4. The summed E-state index contributed by atoms with van der Waals surface area (Å²) in [7, 11) is 3.10. The number of Topliss-reactive ketones (excluding diaryl/α,β-unsaturated/α-hetero) is 2. The van der Waals surface area contributed by atoms with Gasteiger partial charge >= 0.3 is 0 Å². The Morgan fingerprint density at radius 2 is 1.82 bits per heavy atom. The highest BCUT2D eigenvalue weighted by atomic mass is 16.5. The van der Waals surface area contributed by atoms with Gasteiger partial charge in [-0.2, -0.15) is 0 Å². The van der Waals surface area contributed by atoms with Gasteiger partial charge in [0.15, 0.2) is 17.5 Å². The number of nitrogens with one attached hydrogen (secondary N) is 2. The van der Waals surface area contributed by atoms with Gasteiger partial charge < -0.3 is 36.2 Å². The maximum Gasteiger partial charge on any atom is 0.188 e. The third kappa shape index (κ3) is 9.52. The van der Waals surface area contributed by atoms with E-state index in [4.69, 9.17) is 10.5 Å². The zero-order valence-electron chi connectivity index (χ0n) is 23.4. The molecule has 0 amide bonds. The number of ketones is 2. The predicted octanol–water partition coefficient (Wildman–Crippen LogP) is 2.98. The number of methoxy groups -OCH3 is 1. The Balaban J connectivity index is 1.60. The number of carbonyl (C=O) groups is 2. The van der Waals surface area contributed by atoms with Gasteiger partial charge in [-0.15, -0.1) is 0 Å². The Morgan fingerprint density at radius 1 is 1.10 bits per heavy atom. The van der Waals surface area contributed by atoms with E-state index in [-0.39, 0.29) is 42.3 Å². The largest absolute Gasteiger partial charge is 0.508 e. The molecular weight excluding hydrogens is 510 g/mol. The van der Waals surface area contributed by atoms with E-state index >= 15 is 0 Å². The summed E-state index contributed by atoms with van der Waals surface area (Å²) in [6.45, 7) is 1.49. The molecule has 0 aliphatic carbocycles. The van der Waals surface area contributed by atoms with Crippen molar-refractivity contribution in [2.75, 3.05) is 27.4 Å². The number of nitrogens with zero attached hydrogens (tertiary/aromatic N) is 2. The van der Waals surface area contributed by atoms with E-state index in [0.29, 0.717) is 37.4 Å². The Kier molecular flexibility index (Phi) is 11.2. The quantitative estimate of drug-likeness (QED) is 0.121. The molecule has 216 valence electrons. The van der Waals surface area contributed by atoms with Crippen molar-refractivity contribution in [2.45, 2.75) is 56.9 Å². The number of benzene rings is 2. The molecule has 2 aromatic carbocycles. The van der Waals surface area contributed by atoms with Gasteiger partial charge in [0.2, 0.25) is 0 Å². The molecule has 1 aliphatic heterocycles. The molecule has 10 nitrogen and oxygen atoms in total. The first-order valence-corrected chi connectivity index (χ1v) is 13.5. The van der Waals surface area contributed by atoms with Crippen LogP contribution in [-0.2, 0) is 22.4 Å². The van der Waals surface area contributed by atoms with Crippen molar-refractivity contribution < 1.29 is 24.5 Å². The topological polar surface area (TPSA) is 150 Å². The fraction of sp³-hybridized carbons (Fsp3) is 0.433. The second-order valence-corrected chi connectivity index (χ2v) is 10.2. The molecule has 0 bridgehead atoms. The number of phenolic OH excluding ortho intramolecular Hbond substituents is 2. The van der Waals surface area contributed by atoms with E-state index in [0.717, 1.165) is 30.8 Å². The van der Waals surface area contributed by atoms with E-state index in [9.17, 15) is 19.8 Å². The lowest BCUT2D eigenvalue weighted by Crippen LogP contribution is -2.54. The maximum atomic E-state index is 12.7. The molecule has 0 saturated heterocycles. The van der Waals surface area contributed by atoms with E-state index < -0.39 is 5.54 Å². The SMILES string of the molecule is CN=C(N)NC(CCCC(=O)CC(=O)CCc1ccc(O)c(OC)c1)(CCN1C=CNC1)Cc1ccc(O)cc1. The molecule has 2 aromatic rings. The Bertz CT molecular complexity index is 1200. The van der Waals surface area contributed by atoms with Crippen LogP contribution in [0.15, 0.2) is 59.9 Å². The monoisotopic (exact) mass is 551 g/mol. The second kappa shape index (κ2) is 14.8.